The van der Waals surface area contributed by atoms with E-state index in [4.69, 9.17) is 11.6 Å². The van der Waals surface area contributed by atoms with Crippen LogP contribution in [0.2, 0.25) is 5.02 Å². The van der Waals surface area contributed by atoms with Crippen molar-refractivity contribution < 1.29 is 17.6 Å². The lowest BCUT2D eigenvalue weighted by Gasteiger charge is -2.42. The molecule has 1 aliphatic heterocycles. The molecule has 0 atom stereocenters. The van der Waals surface area contributed by atoms with Gasteiger partial charge in [-0.3, -0.25) is 14.4 Å². The Morgan fingerprint density at radius 2 is 1.82 bits per heavy atom. The Bertz CT molecular complexity index is 1370. The highest BCUT2D eigenvalue weighted by atomic mass is 35.5. The number of piperidine rings is 1. The largest absolute Gasteiger partial charge is 0.340 e. The SMILES string of the molecule is CC(C)(c1cc2ncnc(Nc3ccc(F)c(Cl)c3)c2cc1NS(C)(=O)=O)N1CCC(=O)CC1. The Morgan fingerprint density at radius 1 is 1.12 bits per heavy atom. The number of fused-ring (bicyclic) bond motifs is 1. The van der Waals surface area contributed by atoms with E-state index < -0.39 is 21.4 Å². The van der Waals surface area contributed by atoms with Gasteiger partial charge in [0.25, 0.3) is 0 Å². The van der Waals surface area contributed by atoms with E-state index in [1.54, 1.807) is 6.07 Å². The molecule has 0 bridgehead atoms. The van der Waals surface area contributed by atoms with Crippen LogP contribution in [0.5, 0.6) is 0 Å². The standard InChI is InChI=1S/C23H25ClFN5O3S/c1-23(2,30-8-6-15(31)7-9-30)17-12-20-16(11-21(17)29-34(3,32)33)22(27-13-26-20)28-14-4-5-19(25)18(24)10-14/h4-5,10-13,29H,6-9H2,1-3H3,(H,26,27,28). The summed E-state index contributed by atoms with van der Waals surface area (Å²) in [6, 6.07) is 7.74. The van der Waals surface area contributed by atoms with Gasteiger partial charge in [0.05, 0.1) is 22.5 Å². The van der Waals surface area contributed by atoms with Gasteiger partial charge >= 0.3 is 0 Å². The van der Waals surface area contributed by atoms with Crippen LogP contribution in [0.3, 0.4) is 0 Å². The second-order valence-corrected chi connectivity index (χ2v) is 11.0. The molecule has 0 aliphatic carbocycles. The number of halogens is 2. The maximum atomic E-state index is 13.6. The highest BCUT2D eigenvalue weighted by Crippen LogP contribution is 2.39. The van der Waals surface area contributed by atoms with Crippen molar-refractivity contribution in [3.05, 3.63) is 53.1 Å². The average Bonchev–Trinajstić information content (AvgIpc) is 2.75. The van der Waals surface area contributed by atoms with E-state index in [1.807, 2.05) is 19.9 Å². The quantitative estimate of drug-likeness (QED) is 0.510. The van der Waals surface area contributed by atoms with Crippen molar-refractivity contribution >= 4 is 55.5 Å². The molecule has 8 nitrogen and oxygen atoms in total. The highest BCUT2D eigenvalue weighted by Gasteiger charge is 2.34. The molecule has 2 N–H and O–H groups in total. The average molecular weight is 506 g/mol. The fourth-order valence-corrected chi connectivity index (χ4v) is 4.94. The molecule has 1 aromatic heterocycles. The number of likely N-dealkylation sites (tertiary alicyclic amines) is 1. The van der Waals surface area contributed by atoms with Crippen LogP contribution in [0.1, 0.15) is 32.3 Å². The Kier molecular flexibility index (Phi) is 6.50. The summed E-state index contributed by atoms with van der Waals surface area (Å²) < 4.78 is 40.6. The second-order valence-electron chi connectivity index (χ2n) is 8.85. The van der Waals surface area contributed by atoms with Gasteiger partial charge in [0.2, 0.25) is 10.0 Å². The lowest BCUT2D eigenvalue weighted by molar-refractivity contribution is -0.122. The van der Waals surface area contributed by atoms with Gasteiger partial charge in [0.1, 0.15) is 23.7 Å². The van der Waals surface area contributed by atoms with Crippen LogP contribution in [-0.2, 0) is 20.4 Å². The number of carbonyl (C=O) groups is 1. The van der Waals surface area contributed by atoms with E-state index in [0.29, 0.717) is 54.0 Å². The predicted octanol–water partition coefficient (Wildman–Crippen LogP) is 4.44. The number of sulfonamides is 1. The number of hydrogen-bond donors (Lipinski definition) is 2. The maximum absolute atomic E-state index is 13.6. The number of benzene rings is 2. The van der Waals surface area contributed by atoms with Gasteiger partial charge in [-0.2, -0.15) is 0 Å². The van der Waals surface area contributed by atoms with E-state index in [2.05, 4.69) is 24.9 Å². The van der Waals surface area contributed by atoms with E-state index in [-0.39, 0.29) is 10.8 Å². The molecule has 2 aromatic carbocycles. The van der Waals surface area contributed by atoms with Crippen molar-refractivity contribution in [2.24, 2.45) is 0 Å². The fourth-order valence-electron chi connectivity index (χ4n) is 4.19. The lowest BCUT2D eigenvalue weighted by atomic mass is 9.88. The molecule has 4 rings (SSSR count). The Balaban J connectivity index is 1.82. The summed E-state index contributed by atoms with van der Waals surface area (Å²) in [6.07, 6.45) is 3.41. The molecular formula is C23H25ClFN5O3S. The van der Waals surface area contributed by atoms with Crippen LogP contribution < -0.4 is 10.0 Å². The number of nitrogens with one attached hydrogen (secondary N) is 2. The van der Waals surface area contributed by atoms with Crippen molar-refractivity contribution in [1.82, 2.24) is 14.9 Å². The third-order valence-corrected chi connectivity index (χ3v) is 6.90. The molecule has 0 amide bonds. The summed E-state index contributed by atoms with van der Waals surface area (Å²) >= 11 is 5.90. The molecule has 0 unspecified atom stereocenters. The summed E-state index contributed by atoms with van der Waals surface area (Å²) in [6.45, 7) is 5.17. The number of carbonyl (C=O) groups excluding carboxylic acids is 1. The monoisotopic (exact) mass is 505 g/mol. The molecule has 0 saturated carbocycles. The maximum Gasteiger partial charge on any atom is 0.229 e. The number of nitrogens with zero attached hydrogens (tertiary/aromatic N) is 3. The first-order chi connectivity index (χ1) is 15.9. The minimum Gasteiger partial charge on any atom is -0.340 e. The second kappa shape index (κ2) is 9.09. The third kappa shape index (κ3) is 5.13. The van der Waals surface area contributed by atoms with E-state index in [0.717, 1.165) is 11.8 Å². The number of hydrogen-bond acceptors (Lipinski definition) is 7. The molecule has 3 aromatic rings. The molecule has 0 radical (unpaired) electrons. The van der Waals surface area contributed by atoms with E-state index in [9.17, 15) is 17.6 Å². The van der Waals surface area contributed by atoms with Gasteiger partial charge in [0, 0.05) is 42.5 Å². The van der Waals surface area contributed by atoms with E-state index >= 15 is 0 Å². The first-order valence-electron chi connectivity index (χ1n) is 10.7. The van der Waals surface area contributed by atoms with Gasteiger partial charge < -0.3 is 5.32 Å². The predicted molar refractivity (Wildman–Crippen MR) is 132 cm³/mol. The number of Topliss-reactive ketones (excluding diaryl/α,β-unsaturated/α-hetero) is 1. The minimum absolute atomic E-state index is 0.0353. The van der Waals surface area contributed by atoms with Gasteiger partial charge in [-0.1, -0.05) is 11.6 Å². The molecule has 1 saturated heterocycles. The zero-order chi connectivity index (χ0) is 24.7. The van der Waals surface area contributed by atoms with Crippen LogP contribution in [0.15, 0.2) is 36.7 Å². The number of rotatable bonds is 6. The van der Waals surface area contributed by atoms with E-state index in [1.165, 1.54) is 24.5 Å². The molecule has 2 heterocycles. The summed E-state index contributed by atoms with van der Waals surface area (Å²) in [5.41, 5.74) is 1.67. The zero-order valence-electron chi connectivity index (χ0n) is 19.0. The Hall–Kier alpha value is -2.82. The third-order valence-electron chi connectivity index (χ3n) is 6.02. The molecule has 180 valence electrons. The first-order valence-corrected chi connectivity index (χ1v) is 13.0. The van der Waals surface area contributed by atoms with Crippen LogP contribution in [0.4, 0.5) is 21.6 Å². The minimum atomic E-state index is -3.59. The molecular weight excluding hydrogens is 481 g/mol. The summed E-state index contributed by atoms with van der Waals surface area (Å²) in [5.74, 6) is 0.104. The zero-order valence-corrected chi connectivity index (χ0v) is 20.6. The van der Waals surface area contributed by atoms with Crippen molar-refractivity contribution in [3.8, 4) is 0 Å². The number of anilines is 3. The topological polar surface area (TPSA) is 104 Å². The first kappa shape index (κ1) is 24.3. The van der Waals surface area contributed by atoms with Gasteiger partial charge in [-0.25, -0.2) is 22.8 Å². The van der Waals surface area contributed by atoms with Crippen molar-refractivity contribution in [2.75, 3.05) is 29.4 Å². The van der Waals surface area contributed by atoms with Crippen molar-refractivity contribution in [2.45, 2.75) is 32.2 Å². The molecule has 1 aliphatic rings. The van der Waals surface area contributed by atoms with Crippen LogP contribution in [-0.4, -0.2) is 48.4 Å². The Labute approximate surface area is 202 Å². The normalized spacial score (nSPS) is 15.5. The summed E-state index contributed by atoms with van der Waals surface area (Å²) in [7, 11) is -3.59. The Morgan fingerprint density at radius 3 is 2.47 bits per heavy atom. The summed E-state index contributed by atoms with van der Waals surface area (Å²) in [4.78, 5) is 22.6. The molecule has 0 spiro atoms. The molecule has 1 fully saturated rings. The van der Waals surface area contributed by atoms with Gasteiger partial charge in [-0.05, 0) is 49.7 Å². The molecule has 11 heteroatoms. The van der Waals surface area contributed by atoms with Crippen molar-refractivity contribution in [3.63, 3.8) is 0 Å². The molecule has 34 heavy (non-hydrogen) atoms. The van der Waals surface area contributed by atoms with Crippen LogP contribution in [0.25, 0.3) is 10.9 Å². The fraction of sp³-hybridized carbons (Fsp3) is 0.348. The summed E-state index contributed by atoms with van der Waals surface area (Å²) in [5, 5.41) is 3.64. The number of aromatic nitrogens is 2. The lowest BCUT2D eigenvalue weighted by Crippen LogP contribution is -2.46. The highest BCUT2D eigenvalue weighted by molar-refractivity contribution is 7.92. The van der Waals surface area contributed by atoms with Crippen LogP contribution in [0, 0.1) is 5.82 Å². The van der Waals surface area contributed by atoms with Gasteiger partial charge in [0.15, 0.2) is 0 Å². The number of ketones is 1. The van der Waals surface area contributed by atoms with Crippen LogP contribution >= 0.6 is 11.6 Å². The smallest absolute Gasteiger partial charge is 0.229 e. The van der Waals surface area contributed by atoms with Gasteiger partial charge in [-0.15, -0.1) is 0 Å². The van der Waals surface area contributed by atoms with Crippen molar-refractivity contribution in [1.29, 1.82) is 0 Å².